The van der Waals surface area contributed by atoms with E-state index in [-0.39, 0.29) is 24.5 Å². The van der Waals surface area contributed by atoms with Gasteiger partial charge in [-0.3, -0.25) is 4.79 Å². The summed E-state index contributed by atoms with van der Waals surface area (Å²) in [6.07, 6.45) is 1.59. The predicted molar refractivity (Wildman–Crippen MR) is 123 cm³/mol. The van der Waals surface area contributed by atoms with Crippen molar-refractivity contribution in [1.82, 2.24) is 5.43 Å². The molecule has 0 aliphatic carbocycles. The number of hydrogen-bond acceptors (Lipinski definition) is 5. The van der Waals surface area contributed by atoms with Crippen LogP contribution in [0.3, 0.4) is 0 Å². The van der Waals surface area contributed by atoms with Crippen LogP contribution in [0.4, 0.5) is 0 Å². The molecule has 1 N–H and O–H groups in total. The largest absolute Gasteiger partial charge is 0.493 e. The molecule has 7 heteroatoms. The van der Waals surface area contributed by atoms with Gasteiger partial charge in [-0.05, 0) is 73.7 Å². The number of methoxy groups -OCH3 is 1. The lowest BCUT2D eigenvalue weighted by Gasteiger charge is -2.15. The topological polar surface area (TPSA) is 69.2 Å². The molecule has 0 aliphatic rings. The molecular weight excluding hydrogens is 448 g/mol. The van der Waals surface area contributed by atoms with Crippen molar-refractivity contribution >= 4 is 28.1 Å². The summed E-state index contributed by atoms with van der Waals surface area (Å²) in [7, 11) is 1.58. The third kappa shape index (κ3) is 6.76. The minimum absolute atomic E-state index is 0.0448. The molecule has 30 heavy (non-hydrogen) atoms. The number of nitrogens with zero attached hydrogens (tertiary/aromatic N) is 1. The van der Waals surface area contributed by atoms with Gasteiger partial charge in [0.25, 0.3) is 5.91 Å². The van der Waals surface area contributed by atoms with E-state index in [4.69, 9.17) is 14.2 Å². The number of amides is 1. The number of hydrogen-bond donors (Lipinski definition) is 1. The minimum atomic E-state index is -0.340. The average Bonchev–Trinajstić information content (AvgIpc) is 2.69. The fraction of sp³-hybridized carbons (Fsp3) is 0.391. The number of benzene rings is 2. The van der Waals surface area contributed by atoms with Crippen molar-refractivity contribution in [2.75, 3.05) is 13.7 Å². The third-order valence-corrected chi connectivity index (χ3v) is 5.08. The van der Waals surface area contributed by atoms with Crippen LogP contribution in [0.15, 0.2) is 39.9 Å². The SMILES string of the molecule is COc1cc(/C=N/NC(=O)COc2cc(C)c(Br)cc2C(C)C)ccc1OC(C)C. The van der Waals surface area contributed by atoms with Crippen molar-refractivity contribution in [2.45, 2.75) is 46.6 Å². The molecule has 0 heterocycles. The van der Waals surface area contributed by atoms with E-state index >= 15 is 0 Å². The molecule has 0 bridgehead atoms. The second-order valence-corrected chi connectivity index (χ2v) is 8.31. The maximum atomic E-state index is 12.1. The van der Waals surface area contributed by atoms with Gasteiger partial charge in [-0.25, -0.2) is 5.43 Å². The summed E-state index contributed by atoms with van der Waals surface area (Å²) in [5.74, 6) is 1.90. The number of nitrogens with one attached hydrogen (secondary N) is 1. The van der Waals surface area contributed by atoms with Gasteiger partial charge in [-0.15, -0.1) is 0 Å². The molecule has 0 unspecified atom stereocenters. The van der Waals surface area contributed by atoms with Gasteiger partial charge in [0.15, 0.2) is 18.1 Å². The zero-order valence-corrected chi connectivity index (χ0v) is 19.9. The molecule has 0 aliphatic heterocycles. The number of ether oxygens (including phenoxy) is 3. The van der Waals surface area contributed by atoms with E-state index < -0.39 is 0 Å². The van der Waals surface area contributed by atoms with Crippen LogP contribution in [0.2, 0.25) is 0 Å². The fourth-order valence-corrected chi connectivity index (χ4v) is 3.08. The molecular formula is C23H29BrN2O4. The molecule has 2 aromatic carbocycles. The standard InChI is InChI=1S/C23H29BrN2O4/c1-14(2)18-11-19(24)16(5)9-21(18)29-13-23(27)26-25-12-17-7-8-20(30-15(3)4)22(10-17)28-6/h7-12,14-15H,13H2,1-6H3,(H,26,27)/b25-12+. The predicted octanol–water partition coefficient (Wildman–Crippen LogP) is 5.21. The molecule has 2 aromatic rings. The maximum Gasteiger partial charge on any atom is 0.277 e. The van der Waals surface area contributed by atoms with Crippen molar-refractivity contribution in [3.05, 3.63) is 51.5 Å². The van der Waals surface area contributed by atoms with Gasteiger partial charge in [0.2, 0.25) is 0 Å². The first-order chi connectivity index (χ1) is 14.2. The summed E-state index contributed by atoms with van der Waals surface area (Å²) in [5, 5.41) is 4.00. The smallest absolute Gasteiger partial charge is 0.277 e. The van der Waals surface area contributed by atoms with Crippen molar-refractivity contribution in [3.8, 4) is 17.2 Å². The second kappa shape index (κ2) is 11.0. The molecule has 0 spiro atoms. The Hall–Kier alpha value is -2.54. The molecule has 0 aromatic heterocycles. The molecule has 0 fully saturated rings. The van der Waals surface area contributed by atoms with Gasteiger partial charge in [0, 0.05) is 4.47 Å². The van der Waals surface area contributed by atoms with E-state index in [1.165, 1.54) is 0 Å². The van der Waals surface area contributed by atoms with Crippen molar-refractivity contribution in [2.24, 2.45) is 5.10 Å². The summed E-state index contributed by atoms with van der Waals surface area (Å²) >= 11 is 3.54. The number of carbonyl (C=O) groups is 1. The van der Waals surface area contributed by atoms with Crippen LogP contribution < -0.4 is 19.6 Å². The quantitative estimate of drug-likeness (QED) is 0.398. The zero-order chi connectivity index (χ0) is 22.3. The van der Waals surface area contributed by atoms with Crippen LogP contribution in [0.1, 0.15) is 50.3 Å². The monoisotopic (exact) mass is 476 g/mol. The number of aryl methyl sites for hydroxylation is 1. The van der Waals surface area contributed by atoms with E-state index in [0.29, 0.717) is 17.2 Å². The second-order valence-electron chi connectivity index (χ2n) is 7.45. The van der Waals surface area contributed by atoms with E-state index in [1.807, 2.05) is 45.0 Å². The Bertz CT molecular complexity index is 910. The fourth-order valence-electron chi connectivity index (χ4n) is 2.72. The molecule has 2 rings (SSSR count). The Balaban J connectivity index is 1.97. The number of rotatable bonds is 9. The van der Waals surface area contributed by atoms with E-state index in [0.717, 1.165) is 21.2 Å². The summed E-state index contributed by atoms with van der Waals surface area (Å²) in [4.78, 5) is 12.1. The van der Waals surface area contributed by atoms with Crippen molar-refractivity contribution in [3.63, 3.8) is 0 Å². The maximum absolute atomic E-state index is 12.1. The molecule has 0 radical (unpaired) electrons. The van der Waals surface area contributed by atoms with E-state index in [2.05, 4.69) is 40.3 Å². The van der Waals surface area contributed by atoms with Crippen LogP contribution >= 0.6 is 15.9 Å². The van der Waals surface area contributed by atoms with Crippen LogP contribution in [0.25, 0.3) is 0 Å². The average molecular weight is 477 g/mol. The van der Waals surface area contributed by atoms with Crippen LogP contribution in [0, 0.1) is 6.92 Å². The highest BCUT2D eigenvalue weighted by Crippen LogP contribution is 2.32. The molecule has 1 amide bonds. The molecule has 162 valence electrons. The summed E-state index contributed by atoms with van der Waals surface area (Å²) in [5.41, 5.74) is 5.35. The first-order valence-corrected chi connectivity index (χ1v) is 10.6. The lowest BCUT2D eigenvalue weighted by molar-refractivity contribution is -0.123. The van der Waals surface area contributed by atoms with Gasteiger partial charge < -0.3 is 14.2 Å². The summed E-state index contributed by atoms with van der Waals surface area (Å²) < 4.78 is 17.8. The van der Waals surface area contributed by atoms with E-state index in [1.54, 1.807) is 19.4 Å². The van der Waals surface area contributed by atoms with Crippen molar-refractivity contribution < 1.29 is 19.0 Å². The van der Waals surface area contributed by atoms with Crippen LogP contribution in [-0.2, 0) is 4.79 Å². The minimum Gasteiger partial charge on any atom is -0.493 e. The first-order valence-electron chi connectivity index (χ1n) is 9.80. The lowest BCUT2D eigenvalue weighted by atomic mass is 10.0. The summed E-state index contributed by atoms with van der Waals surface area (Å²) in [6, 6.07) is 9.41. The first kappa shape index (κ1) is 23.7. The highest BCUT2D eigenvalue weighted by Gasteiger charge is 2.12. The third-order valence-electron chi connectivity index (χ3n) is 4.23. The van der Waals surface area contributed by atoms with Gasteiger partial charge >= 0.3 is 0 Å². The molecule has 0 saturated carbocycles. The highest BCUT2D eigenvalue weighted by atomic mass is 79.9. The Morgan fingerprint density at radius 2 is 1.87 bits per heavy atom. The normalized spacial score (nSPS) is 11.2. The Kier molecular flexibility index (Phi) is 8.72. The van der Waals surface area contributed by atoms with Crippen LogP contribution in [0.5, 0.6) is 17.2 Å². The lowest BCUT2D eigenvalue weighted by Crippen LogP contribution is -2.25. The molecule has 6 nitrogen and oxygen atoms in total. The molecule has 0 atom stereocenters. The Morgan fingerprint density at radius 3 is 2.50 bits per heavy atom. The van der Waals surface area contributed by atoms with Gasteiger partial charge in [-0.2, -0.15) is 5.10 Å². The summed E-state index contributed by atoms with van der Waals surface area (Å²) in [6.45, 7) is 9.93. The van der Waals surface area contributed by atoms with Gasteiger partial charge in [-0.1, -0.05) is 29.8 Å². The van der Waals surface area contributed by atoms with Gasteiger partial charge in [0.05, 0.1) is 19.4 Å². The highest BCUT2D eigenvalue weighted by molar-refractivity contribution is 9.10. The Morgan fingerprint density at radius 1 is 1.13 bits per heavy atom. The zero-order valence-electron chi connectivity index (χ0n) is 18.3. The number of carbonyl (C=O) groups excluding carboxylic acids is 1. The van der Waals surface area contributed by atoms with E-state index in [9.17, 15) is 4.79 Å². The number of halogens is 1. The van der Waals surface area contributed by atoms with Gasteiger partial charge in [0.1, 0.15) is 5.75 Å². The molecule has 0 saturated heterocycles. The van der Waals surface area contributed by atoms with Crippen LogP contribution in [-0.4, -0.2) is 31.9 Å². The van der Waals surface area contributed by atoms with Crippen molar-refractivity contribution in [1.29, 1.82) is 0 Å². The Labute approximate surface area is 186 Å². The number of hydrazone groups is 1.